The molecule has 5 nitrogen and oxygen atoms in total. The molecule has 0 bridgehead atoms. The van der Waals surface area contributed by atoms with Crippen molar-refractivity contribution in [2.45, 2.75) is 76.5 Å². The van der Waals surface area contributed by atoms with Crippen molar-refractivity contribution in [1.82, 2.24) is 10.6 Å². The van der Waals surface area contributed by atoms with Gasteiger partial charge in [0.05, 0.1) is 11.7 Å². The summed E-state index contributed by atoms with van der Waals surface area (Å²) in [5.74, 6) is 0.433. The summed E-state index contributed by atoms with van der Waals surface area (Å²) < 4.78 is 5.97. The van der Waals surface area contributed by atoms with E-state index in [0.29, 0.717) is 18.9 Å². The van der Waals surface area contributed by atoms with Crippen LogP contribution in [-0.2, 0) is 4.74 Å². The molecule has 0 aromatic heterocycles. The van der Waals surface area contributed by atoms with Gasteiger partial charge in [0.25, 0.3) is 0 Å². The smallest absolute Gasteiger partial charge is 0.315 e. The SMILES string of the molecule is CC(C)CC(O)CNC(=O)NC1CCOC2(CCCC2)C1. The molecule has 0 aromatic carbocycles. The van der Waals surface area contributed by atoms with Crippen molar-refractivity contribution < 1.29 is 14.6 Å². The summed E-state index contributed by atoms with van der Waals surface area (Å²) in [5.41, 5.74) is 0.0212. The van der Waals surface area contributed by atoms with Crippen molar-refractivity contribution in [2.75, 3.05) is 13.2 Å². The highest BCUT2D eigenvalue weighted by Gasteiger charge is 2.40. The van der Waals surface area contributed by atoms with Gasteiger partial charge in [-0.1, -0.05) is 26.7 Å². The number of nitrogens with one attached hydrogen (secondary N) is 2. The molecule has 1 saturated heterocycles. The summed E-state index contributed by atoms with van der Waals surface area (Å²) in [6.07, 6.45) is 6.77. The van der Waals surface area contributed by atoms with Crippen molar-refractivity contribution in [2.24, 2.45) is 5.92 Å². The maximum Gasteiger partial charge on any atom is 0.315 e. The number of hydrogen-bond donors (Lipinski definition) is 3. The second-order valence-electron chi connectivity index (χ2n) is 7.07. The second kappa shape index (κ2) is 7.45. The molecule has 1 spiro atoms. The van der Waals surface area contributed by atoms with Gasteiger partial charge in [0.2, 0.25) is 0 Å². The number of urea groups is 1. The predicted octanol–water partition coefficient (Wildman–Crippen LogP) is 2.18. The van der Waals surface area contributed by atoms with E-state index in [0.717, 1.165) is 32.3 Å². The van der Waals surface area contributed by atoms with Crippen LogP contribution in [0.1, 0.15) is 58.8 Å². The van der Waals surface area contributed by atoms with Gasteiger partial charge in [-0.05, 0) is 38.0 Å². The first-order chi connectivity index (χ1) is 9.99. The molecule has 2 rings (SSSR count). The lowest BCUT2D eigenvalue weighted by molar-refractivity contribution is -0.0820. The normalized spacial score (nSPS) is 26.0. The molecule has 2 aliphatic rings. The number of aliphatic hydroxyl groups is 1. The molecule has 2 unspecified atom stereocenters. The molecule has 1 saturated carbocycles. The molecule has 1 aliphatic heterocycles. The molecular weight excluding hydrogens is 268 g/mol. The van der Waals surface area contributed by atoms with Gasteiger partial charge in [-0.3, -0.25) is 0 Å². The van der Waals surface area contributed by atoms with Crippen LogP contribution in [0.25, 0.3) is 0 Å². The first-order valence-electron chi connectivity index (χ1n) is 8.35. The Morgan fingerprint density at radius 1 is 1.38 bits per heavy atom. The van der Waals surface area contributed by atoms with E-state index in [4.69, 9.17) is 4.74 Å². The fraction of sp³-hybridized carbons (Fsp3) is 0.938. The quantitative estimate of drug-likeness (QED) is 0.728. The summed E-state index contributed by atoms with van der Waals surface area (Å²) in [7, 11) is 0. The fourth-order valence-electron chi connectivity index (χ4n) is 3.59. The van der Waals surface area contributed by atoms with Crippen LogP contribution in [0.4, 0.5) is 4.79 Å². The van der Waals surface area contributed by atoms with Crippen molar-refractivity contribution >= 4 is 6.03 Å². The van der Waals surface area contributed by atoms with Gasteiger partial charge < -0.3 is 20.5 Å². The monoisotopic (exact) mass is 298 g/mol. The number of amides is 2. The highest BCUT2D eigenvalue weighted by Crippen LogP contribution is 2.39. The van der Waals surface area contributed by atoms with E-state index in [1.165, 1.54) is 12.8 Å². The highest BCUT2D eigenvalue weighted by atomic mass is 16.5. The number of carbonyl (C=O) groups is 1. The molecule has 2 atom stereocenters. The molecule has 0 aromatic rings. The number of rotatable bonds is 5. The third-order valence-electron chi connectivity index (χ3n) is 4.58. The molecule has 1 aliphatic carbocycles. The average molecular weight is 298 g/mol. The molecule has 3 N–H and O–H groups in total. The van der Waals surface area contributed by atoms with Gasteiger partial charge in [0.1, 0.15) is 0 Å². The van der Waals surface area contributed by atoms with Gasteiger partial charge >= 0.3 is 6.03 Å². The lowest BCUT2D eigenvalue weighted by Crippen LogP contribution is -2.50. The Morgan fingerprint density at radius 3 is 2.76 bits per heavy atom. The molecule has 122 valence electrons. The average Bonchev–Trinajstić information content (AvgIpc) is 2.83. The third kappa shape index (κ3) is 5.15. The number of carbonyl (C=O) groups excluding carboxylic acids is 1. The van der Waals surface area contributed by atoms with Crippen LogP contribution in [0.2, 0.25) is 0 Å². The highest BCUT2D eigenvalue weighted by molar-refractivity contribution is 5.74. The van der Waals surface area contributed by atoms with E-state index < -0.39 is 6.10 Å². The van der Waals surface area contributed by atoms with Crippen LogP contribution in [-0.4, -0.2) is 42.0 Å². The number of hydrogen-bond acceptors (Lipinski definition) is 3. The predicted molar refractivity (Wildman–Crippen MR) is 82.2 cm³/mol. The lowest BCUT2D eigenvalue weighted by atomic mass is 9.89. The van der Waals surface area contributed by atoms with Gasteiger partial charge in [-0.15, -0.1) is 0 Å². The number of aliphatic hydroxyl groups excluding tert-OH is 1. The maximum absolute atomic E-state index is 11.9. The molecule has 0 radical (unpaired) electrons. The third-order valence-corrected chi connectivity index (χ3v) is 4.58. The number of ether oxygens (including phenoxy) is 1. The van der Waals surface area contributed by atoms with E-state index >= 15 is 0 Å². The van der Waals surface area contributed by atoms with E-state index in [2.05, 4.69) is 24.5 Å². The minimum atomic E-state index is -0.466. The Hall–Kier alpha value is -0.810. The van der Waals surface area contributed by atoms with Crippen molar-refractivity contribution in [3.05, 3.63) is 0 Å². The lowest BCUT2D eigenvalue weighted by Gasteiger charge is -2.38. The van der Waals surface area contributed by atoms with Gasteiger partial charge in [0, 0.05) is 19.2 Å². The summed E-state index contributed by atoms with van der Waals surface area (Å²) in [6, 6.07) is 0.0249. The van der Waals surface area contributed by atoms with E-state index in [1.54, 1.807) is 0 Å². The molecule has 2 amide bonds. The van der Waals surface area contributed by atoms with Crippen LogP contribution in [0.15, 0.2) is 0 Å². The van der Waals surface area contributed by atoms with Gasteiger partial charge in [-0.25, -0.2) is 4.79 Å². The summed E-state index contributed by atoms with van der Waals surface area (Å²) in [4.78, 5) is 11.9. The Kier molecular flexibility index (Phi) is 5.88. The van der Waals surface area contributed by atoms with Crippen molar-refractivity contribution in [3.63, 3.8) is 0 Å². The van der Waals surface area contributed by atoms with Crippen molar-refractivity contribution in [3.8, 4) is 0 Å². The molecule has 1 heterocycles. The molecule has 2 fully saturated rings. The van der Waals surface area contributed by atoms with Crippen LogP contribution in [0, 0.1) is 5.92 Å². The topological polar surface area (TPSA) is 70.6 Å². The summed E-state index contributed by atoms with van der Waals surface area (Å²) >= 11 is 0. The van der Waals surface area contributed by atoms with Gasteiger partial charge in [-0.2, -0.15) is 0 Å². The standard InChI is InChI=1S/C16H30N2O3/c1-12(2)9-14(19)11-17-15(20)18-13-5-8-21-16(10-13)6-3-4-7-16/h12-14,19H,3-11H2,1-2H3,(H2,17,18,20). The largest absolute Gasteiger partial charge is 0.391 e. The van der Waals surface area contributed by atoms with E-state index in [-0.39, 0.29) is 17.7 Å². The Labute approximate surface area is 127 Å². The first-order valence-corrected chi connectivity index (χ1v) is 8.35. The van der Waals surface area contributed by atoms with Crippen LogP contribution in [0.3, 0.4) is 0 Å². The zero-order chi connectivity index (χ0) is 15.3. The fourth-order valence-corrected chi connectivity index (χ4v) is 3.59. The van der Waals surface area contributed by atoms with Crippen LogP contribution < -0.4 is 10.6 Å². The molecule has 21 heavy (non-hydrogen) atoms. The van der Waals surface area contributed by atoms with Crippen LogP contribution >= 0.6 is 0 Å². The second-order valence-corrected chi connectivity index (χ2v) is 7.07. The zero-order valence-corrected chi connectivity index (χ0v) is 13.4. The Bertz CT molecular complexity index is 340. The summed E-state index contributed by atoms with van der Waals surface area (Å²) in [5, 5.41) is 15.6. The Balaban J connectivity index is 1.70. The minimum Gasteiger partial charge on any atom is -0.391 e. The van der Waals surface area contributed by atoms with Crippen molar-refractivity contribution in [1.29, 1.82) is 0 Å². The van der Waals surface area contributed by atoms with E-state index in [1.807, 2.05) is 0 Å². The van der Waals surface area contributed by atoms with Crippen LogP contribution in [0.5, 0.6) is 0 Å². The summed E-state index contributed by atoms with van der Waals surface area (Å²) in [6.45, 7) is 5.18. The minimum absolute atomic E-state index is 0.0212. The Morgan fingerprint density at radius 2 is 2.10 bits per heavy atom. The molecule has 5 heteroatoms. The van der Waals surface area contributed by atoms with E-state index in [9.17, 15) is 9.90 Å². The first kappa shape index (κ1) is 16.6. The maximum atomic E-state index is 11.9. The zero-order valence-electron chi connectivity index (χ0n) is 13.4. The molecular formula is C16H30N2O3. The van der Waals surface area contributed by atoms with Gasteiger partial charge in [0.15, 0.2) is 0 Å².